The number of aliphatic carboxylic acids is 1. The van der Waals surface area contributed by atoms with Gasteiger partial charge in [0.2, 0.25) is 11.8 Å². The smallest absolute Gasteiger partial charge is 0.305 e. The van der Waals surface area contributed by atoms with Crippen molar-refractivity contribution in [3.8, 4) is 0 Å². The molecule has 0 radical (unpaired) electrons. The van der Waals surface area contributed by atoms with Crippen LogP contribution in [0, 0.1) is 10.8 Å². The van der Waals surface area contributed by atoms with Crippen LogP contribution in [0.5, 0.6) is 0 Å². The van der Waals surface area contributed by atoms with E-state index in [0.717, 1.165) is 25.7 Å². The quantitative estimate of drug-likeness (QED) is 0.0809. The minimum atomic E-state index is -0.979. The van der Waals surface area contributed by atoms with Crippen molar-refractivity contribution in [2.45, 2.75) is 169 Å². The molecule has 0 aromatic rings. The molecule has 0 aromatic carbocycles. The highest BCUT2D eigenvalue weighted by molar-refractivity contribution is 5.83. The molecule has 1 saturated heterocycles. The molecule has 2 unspecified atom stereocenters. The molecule has 0 spiro atoms. The summed E-state index contributed by atoms with van der Waals surface area (Å²) >= 11 is 0. The number of amides is 2. The predicted octanol–water partition coefficient (Wildman–Crippen LogP) is 7.69. The molecule has 0 bridgehead atoms. The monoisotopic (exact) mass is 608 g/mol. The second-order valence-electron chi connectivity index (χ2n) is 14.2. The first-order valence-electron chi connectivity index (χ1n) is 17.0. The Morgan fingerprint density at radius 2 is 1.49 bits per heavy atom. The summed E-state index contributed by atoms with van der Waals surface area (Å²) in [6, 6.07) is -0.550. The van der Waals surface area contributed by atoms with Gasteiger partial charge in [0.1, 0.15) is 6.10 Å². The van der Waals surface area contributed by atoms with Crippen molar-refractivity contribution in [3.05, 3.63) is 12.2 Å². The summed E-state index contributed by atoms with van der Waals surface area (Å²) in [5.74, 6) is -2.18. The first kappa shape index (κ1) is 39.1. The molecule has 1 aliphatic rings. The molecule has 1 heterocycles. The second-order valence-corrected chi connectivity index (χ2v) is 14.2. The van der Waals surface area contributed by atoms with E-state index in [4.69, 9.17) is 9.47 Å². The maximum absolute atomic E-state index is 13.1. The van der Waals surface area contributed by atoms with Crippen molar-refractivity contribution in [2.75, 3.05) is 13.2 Å². The van der Waals surface area contributed by atoms with Gasteiger partial charge in [0.15, 0.2) is 5.79 Å². The van der Waals surface area contributed by atoms with Gasteiger partial charge in [0.05, 0.1) is 13.0 Å². The van der Waals surface area contributed by atoms with E-state index in [2.05, 4.69) is 29.7 Å². The lowest BCUT2D eigenvalue weighted by Crippen LogP contribution is -2.57. The van der Waals surface area contributed by atoms with E-state index < -0.39 is 34.7 Å². The number of unbranched alkanes of at least 4 members (excludes halogenated alkanes) is 10. The zero-order chi connectivity index (χ0) is 32.4. The van der Waals surface area contributed by atoms with E-state index in [1.54, 1.807) is 13.8 Å². The summed E-state index contributed by atoms with van der Waals surface area (Å²) in [5.41, 5.74) is -0.999. The van der Waals surface area contributed by atoms with Gasteiger partial charge >= 0.3 is 5.97 Å². The van der Waals surface area contributed by atoms with Crippen molar-refractivity contribution in [1.29, 1.82) is 0 Å². The van der Waals surface area contributed by atoms with Crippen LogP contribution in [-0.4, -0.2) is 54.0 Å². The number of hydrogen-bond donors (Lipinski definition) is 3. The fourth-order valence-corrected chi connectivity index (χ4v) is 5.40. The molecule has 3 N–H and O–H groups in total. The number of carboxylic acids is 1. The predicted molar refractivity (Wildman–Crippen MR) is 174 cm³/mol. The Balaban J connectivity index is 2.30. The number of ether oxygens (including phenoxy) is 2. The molecule has 1 rings (SSSR count). The van der Waals surface area contributed by atoms with E-state index in [1.807, 2.05) is 27.7 Å². The zero-order valence-corrected chi connectivity index (χ0v) is 28.5. The van der Waals surface area contributed by atoms with Gasteiger partial charge in [-0.1, -0.05) is 98.1 Å². The molecule has 2 amide bonds. The minimum absolute atomic E-state index is 0.0172. The lowest BCUT2D eigenvalue weighted by atomic mass is 9.85. The average molecular weight is 609 g/mol. The van der Waals surface area contributed by atoms with Crippen LogP contribution in [0.3, 0.4) is 0 Å². The summed E-state index contributed by atoms with van der Waals surface area (Å²) in [6.45, 7) is 14.3. The molecule has 8 heteroatoms. The van der Waals surface area contributed by atoms with Crippen molar-refractivity contribution in [1.82, 2.24) is 10.6 Å². The summed E-state index contributed by atoms with van der Waals surface area (Å²) in [7, 11) is 0. The van der Waals surface area contributed by atoms with Gasteiger partial charge < -0.3 is 25.2 Å². The number of allylic oxidation sites excluding steroid dienone is 2. The van der Waals surface area contributed by atoms with Gasteiger partial charge in [-0.15, -0.1) is 0 Å². The SMILES string of the molecule is CCCCCCCCC=CCCCCCCC(C)(C)C(=O)NCCCC(CC(=O)O)NC(=O)C1OC(C)(C)OCC1(C)C. The van der Waals surface area contributed by atoms with Crippen LogP contribution in [0.25, 0.3) is 0 Å². The molecule has 0 saturated carbocycles. The molecule has 0 aliphatic carbocycles. The summed E-state index contributed by atoms with van der Waals surface area (Å²) in [6.07, 6.45) is 20.5. The lowest BCUT2D eigenvalue weighted by molar-refractivity contribution is -0.304. The van der Waals surface area contributed by atoms with Gasteiger partial charge in [-0.2, -0.15) is 0 Å². The Labute approximate surface area is 262 Å². The number of hydrogen-bond acceptors (Lipinski definition) is 5. The van der Waals surface area contributed by atoms with Crippen LogP contribution in [0.1, 0.15) is 151 Å². The van der Waals surface area contributed by atoms with Crippen molar-refractivity contribution in [3.63, 3.8) is 0 Å². The maximum Gasteiger partial charge on any atom is 0.305 e. The van der Waals surface area contributed by atoms with Crippen LogP contribution in [0.4, 0.5) is 0 Å². The minimum Gasteiger partial charge on any atom is -0.481 e. The summed E-state index contributed by atoms with van der Waals surface area (Å²) in [5, 5.41) is 15.3. The fraction of sp³-hybridized carbons (Fsp3) is 0.857. The van der Waals surface area contributed by atoms with Crippen LogP contribution >= 0.6 is 0 Å². The van der Waals surface area contributed by atoms with Crippen LogP contribution in [0.2, 0.25) is 0 Å². The third-order valence-electron chi connectivity index (χ3n) is 8.35. The third-order valence-corrected chi connectivity index (χ3v) is 8.35. The Kier molecular flexibility index (Phi) is 18.3. The highest BCUT2D eigenvalue weighted by Crippen LogP contribution is 2.35. The first-order chi connectivity index (χ1) is 20.2. The first-order valence-corrected chi connectivity index (χ1v) is 17.0. The summed E-state index contributed by atoms with van der Waals surface area (Å²) < 4.78 is 11.6. The lowest BCUT2D eigenvalue weighted by Gasteiger charge is -2.45. The number of rotatable bonds is 23. The largest absolute Gasteiger partial charge is 0.481 e. The zero-order valence-electron chi connectivity index (χ0n) is 28.5. The molecule has 1 aliphatic heterocycles. The Hall–Kier alpha value is -1.93. The standard InChI is InChI=1S/C35H64N2O6/c1-8-9-10-11-12-13-14-15-16-17-18-19-20-21-24-33(2,3)32(41)36-25-22-23-28(26-29(38)39)37-31(40)30-34(4,5)27-42-35(6,7)43-30/h15-16,28,30H,8-14,17-27H2,1-7H3,(H,36,41)(H,37,40)(H,38,39). The highest BCUT2D eigenvalue weighted by atomic mass is 16.7. The van der Waals surface area contributed by atoms with Gasteiger partial charge in [0.25, 0.3) is 0 Å². The number of carbonyl (C=O) groups is 3. The fourth-order valence-electron chi connectivity index (χ4n) is 5.40. The van der Waals surface area contributed by atoms with E-state index in [9.17, 15) is 19.5 Å². The van der Waals surface area contributed by atoms with E-state index in [0.29, 0.717) is 26.0 Å². The van der Waals surface area contributed by atoms with Gasteiger partial charge in [-0.05, 0) is 58.8 Å². The van der Waals surface area contributed by atoms with Gasteiger partial charge in [0, 0.05) is 23.4 Å². The Bertz CT molecular complexity index is 851. The molecule has 43 heavy (non-hydrogen) atoms. The van der Waals surface area contributed by atoms with Crippen molar-refractivity contribution in [2.24, 2.45) is 10.8 Å². The van der Waals surface area contributed by atoms with Crippen LogP contribution in [0.15, 0.2) is 12.2 Å². The Morgan fingerprint density at radius 1 is 0.907 bits per heavy atom. The summed E-state index contributed by atoms with van der Waals surface area (Å²) in [4.78, 5) is 37.4. The van der Waals surface area contributed by atoms with Crippen molar-refractivity contribution < 1.29 is 29.0 Å². The topological polar surface area (TPSA) is 114 Å². The third kappa shape index (κ3) is 17.2. The highest BCUT2D eigenvalue weighted by Gasteiger charge is 2.46. The van der Waals surface area contributed by atoms with E-state index in [-0.39, 0.29) is 18.2 Å². The molecule has 8 nitrogen and oxygen atoms in total. The van der Waals surface area contributed by atoms with E-state index >= 15 is 0 Å². The molecule has 0 aromatic heterocycles. The van der Waals surface area contributed by atoms with Gasteiger partial charge in [-0.3, -0.25) is 14.4 Å². The number of nitrogens with one attached hydrogen (secondary N) is 2. The second kappa shape index (κ2) is 20.2. The molecule has 250 valence electrons. The Morgan fingerprint density at radius 3 is 2.09 bits per heavy atom. The molecule has 2 atom stereocenters. The number of carboxylic acid groups (broad SMARTS) is 1. The number of carbonyl (C=O) groups excluding carboxylic acids is 2. The molecule has 1 fully saturated rings. The molecular formula is C35H64N2O6. The van der Waals surface area contributed by atoms with Crippen molar-refractivity contribution >= 4 is 17.8 Å². The average Bonchev–Trinajstić information content (AvgIpc) is 2.92. The maximum atomic E-state index is 13.1. The van der Waals surface area contributed by atoms with Crippen LogP contribution < -0.4 is 10.6 Å². The normalized spacial score (nSPS) is 18.8. The van der Waals surface area contributed by atoms with Crippen LogP contribution in [-0.2, 0) is 23.9 Å². The van der Waals surface area contributed by atoms with Gasteiger partial charge in [-0.25, -0.2) is 0 Å². The van der Waals surface area contributed by atoms with E-state index in [1.165, 1.54) is 57.8 Å². The molecular weight excluding hydrogens is 544 g/mol.